The van der Waals surface area contributed by atoms with Gasteiger partial charge in [0.1, 0.15) is 0 Å². The van der Waals surface area contributed by atoms with Crippen molar-refractivity contribution in [2.45, 2.75) is 32.7 Å². The predicted octanol–water partition coefficient (Wildman–Crippen LogP) is 3.00. The zero-order chi connectivity index (χ0) is 13.5. The summed E-state index contributed by atoms with van der Waals surface area (Å²) in [5.74, 6) is 0.347. The van der Waals surface area contributed by atoms with Gasteiger partial charge in [-0.05, 0) is 37.1 Å². The lowest BCUT2D eigenvalue weighted by atomic mass is 10.0. The highest BCUT2D eigenvalue weighted by Crippen LogP contribution is 2.18. The number of amides is 1. The van der Waals surface area contributed by atoms with Crippen LogP contribution in [0.1, 0.15) is 38.3 Å². The summed E-state index contributed by atoms with van der Waals surface area (Å²) in [6.45, 7) is 4.61. The standard InChI is InChI=1S/C14H21BrN2O/c1-3-11(9-16)7-14(18)17-10(2)12-5-4-6-13(15)8-12/h4-6,8,10-11H,3,7,9,16H2,1-2H3,(H,17,18). The maximum atomic E-state index is 11.9. The van der Waals surface area contributed by atoms with E-state index in [1.54, 1.807) is 0 Å². The number of rotatable bonds is 6. The molecule has 1 aromatic rings. The number of carbonyl (C=O) groups is 1. The van der Waals surface area contributed by atoms with Gasteiger partial charge < -0.3 is 11.1 Å². The molecule has 0 fully saturated rings. The number of benzene rings is 1. The third kappa shape index (κ3) is 4.78. The van der Waals surface area contributed by atoms with Gasteiger partial charge in [-0.25, -0.2) is 0 Å². The van der Waals surface area contributed by atoms with Gasteiger partial charge in [-0.15, -0.1) is 0 Å². The van der Waals surface area contributed by atoms with Gasteiger partial charge in [0.15, 0.2) is 0 Å². The molecule has 0 bridgehead atoms. The van der Waals surface area contributed by atoms with E-state index in [-0.39, 0.29) is 17.9 Å². The summed E-state index contributed by atoms with van der Waals surface area (Å²) in [4.78, 5) is 11.9. The van der Waals surface area contributed by atoms with Crippen molar-refractivity contribution in [2.24, 2.45) is 11.7 Å². The highest BCUT2D eigenvalue weighted by molar-refractivity contribution is 9.10. The van der Waals surface area contributed by atoms with Crippen LogP contribution in [-0.4, -0.2) is 12.5 Å². The molecule has 3 N–H and O–H groups in total. The summed E-state index contributed by atoms with van der Waals surface area (Å²) in [7, 11) is 0. The molecule has 1 rings (SSSR count). The minimum atomic E-state index is 0.0188. The predicted molar refractivity (Wildman–Crippen MR) is 78.2 cm³/mol. The van der Waals surface area contributed by atoms with E-state index >= 15 is 0 Å². The van der Waals surface area contributed by atoms with Crippen LogP contribution in [0.25, 0.3) is 0 Å². The van der Waals surface area contributed by atoms with Gasteiger partial charge in [-0.1, -0.05) is 41.4 Å². The second kappa shape index (κ2) is 7.54. The first-order chi connectivity index (χ1) is 8.56. The van der Waals surface area contributed by atoms with Crippen LogP contribution in [0.3, 0.4) is 0 Å². The molecule has 0 aromatic heterocycles. The number of carbonyl (C=O) groups excluding carboxylic acids is 1. The molecule has 0 heterocycles. The highest BCUT2D eigenvalue weighted by atomic mass is 79.9. The van der Waals surface area contributed by atoms with E-state index in [4.69, 9.17) is 5.73 Å². The van der Waals surface area contributed by atoms with Crippen LogP contribution in [0.4, 0.5) is 0 Å². The van der Waals surface area contributed by atoms with Crippen LogP contribution >= 0.6 is 15.9 Å². The zero-order valence-corrected chi connectivity index (χ0v) is 12.5. The third-order valence-electron chi connectivity index (χ3n) is 3.11. The molecule has 0 saturated heterocycles. The Kier molecular flexibility index (Phi) is 6.36. The van der Waals surface area contributed by atoms with Gasteiger partial charge in [0.2, 0.25) is 5.91 Å². The van der Waals surface area contributed by atoms with Crippen LogP contribution in [0.5, 0.6) is 0 Å². The molecule has 0 aliphatic heterocycles. The smallest absolute Gasteiger partial charge is 0.220 e. The van der Waals surface area contributed by atoms with Crippen LogP contribution in [0, 0.1) is 5.92 Å². The molecular formula is C14H21BrN2O. The summed E-state index contributed by atoms with van der Waals surface area (Å²) in [6.07, 6.45) is 1.44. The van der Waals surface area contributed by atoms with Gasteiger partial charge in [0.25, 0.3) is 0 Å². The zero-order valence-electron chi connectivity index (χ0n) is 10.9. The molecule has 0 aliphatic carbocycles. The quantitative estimate of drug-likeness (QED) is 0.848. The summed E-state index contributed by atoms with van der Waals surface area (Å²) in [5.41, 5.74) is 6.70. The van der Waals surface area contributed by atoms with Crippen LogP contribution in [-0.2, 0) is 4.79 Å². The molecular weight excluding hydrogens is 292 g/mol. The van der Waals surface area contributed by atoms with Gasteiger partial charge in [0.05, 0.1) is 6.04 Å². The van der Waals surface area contributed by atoms with Crippen molar-refractivity contribution in [3.63, 3.8) is 0 Å². The number of halogens is 1. The molecule has 4 heteroatoms. The first kappa shape index (κ1) is 15.2. The fourth-order valence-electron chi connectivity index (χ4n) is 1.82. The molecule has 100 valence electrons. The van der Waals surface area contributed by atoms with Crippen molar-refractivity contribution in [2.75, 3.05) is 6.54 Å². The molecule has 1 aromatic carbocycles. The lowest BCUT2D eigenvalue weighted by Crippen LogP contribution is -2.30. The maximum absolute atomic E-state index is 11.9. The van der Waals surface area contributed by atoms with Crippen molar-refractivity contribution in [3.8, 4) is 0 Å². The second-order valence-corrected chi connectivity index (χ2v) is 5.47. The minimum absolute atomic E-state index is 0.0188. The van der Waals surface area contributed by atoms with Crippen LogP contribution < -0.4 is 11.1 Å². The minimum Gasteiger partial charge on any atom is -0.350 e. The first-order valence-corrected chi connectivity index (χ1v) is 7.11. The Morgan fingerprint density at radius 2 is 2.22 bits per heavy atom. The number of nitrogens with two attached hydrogens (primary N) is 1. The molecule has 2 atom stereocenters. The van der Waals surface area contributed by atoms with Gasteiger partial charge in [-0.2, -0.15) is 0 Å². The average molecular weight is 313 g/mol. The number of nitrogens with one attached hydrogen (secondary N) is 1. The van der Waals surface area contributed by atoms with Crippen molar-refractivity contribution in [1.82, 2.24) is 5.32 Å². The lowest BCUT2D eigenvalue weighted by Gasteiger charge is -2.17. The largest absolute Gasteiger partial charge is 0.350 e. The Labute approximate surface area is 117 Å². The van der Waals surface area contributed by atoms with E-state index < -0.39 is 0 Å². The number of hydrogen-bond acceptors (Lipinski definition) is 2. The van der Waals surface area contributed by atoms with E-state index in [2.05, 4.69) is 28.2 Å². The lowest BCUT2D eigenvalue weighted by molar-refractivity contribution is -0.122. The monoisotopic (exact) mass is 312 g/mol. The van der Waals surface area contributed by atoms with Crippen LogP contribution in [0.2, 0.25) is 0 Å². The van der Waals surface area contributed by atoms with E-state index in [0.717, 1.165) is 16.5 Å². The van der Waals surface area contributed by atoms with E-state index in [0.29, 0.717) is 13.0 Å². The van der Waals surface area contributed by atoms with Crippen LogP contribution in [0.15, 0.2) is 28.7 Å². The maximum Gasteiger partial charge on any atom is 0.220 e. The fourth-order valence-corrected chi connectivity index (χ4v) is 2.23. The second-order valence-electron chi connectivity index (χ2n) is 4.56. The Hall–Kier alpha value is -0.870. The molecule has 0 saturated carbocycles. The Balaban J connectivity index is 2.54. The molecule has 2 unspecified atom stereocenters. The van der Waals surface area contributed by atoms with Crippen molar-refractivity contribution >= 4 is 21.8 Å². The normalized spacial score (nSPS) is 14.0. The van der Waals surface area contributed by atoms with E-state index in [1.807, 2.05) is 31.2 Å². The van der Waals surface area contributed by atoms with Gasteiger partial charge in [-0.3, -0.25) is 4.79 Å². The van der Waals surface area contributed by atoms with E-state index in [1.165, 1.54) is 0 Å². The van der Waals surface area contributed by atoms with Gasteiger partial charge >= 0.3 is 0 Å². The molecule has 0 aliphatic rings. The molecule has 0 radical (unpaired) electrons. The average Bonchev–Trinajstić information content (AvgIpc) is 2.35. The third-order valence-corrected chi connectivity index (χ3v) is 3.60. The van der Waals surface area contributed by atoms with E-state index in [9.17, 15) is 4.79 Å². The SMILES string of the molecule is CCC(CN)CC(=O)NC(C)c1cccc(Br)c1. The fraction of sp³-hybridized carbons (Fsp3) is 0.500. The van der Waals surface area contributed by atoms with Crippen molar-refractivity contribution in [3.05, 3.63) is 34.3 Å². The topological polar surface area (TPSA) is 55.1 Å². The summed E-state index contributed by atoms with van der Waals surface area (Å²) in [5, 5.41) is 3.01. The first-order valence-electron chi connectivity index (χ1n) is 6.31. The molecule has 18 heavy (non-hydrogen) atoms. The molecule has 0 spiro atoms. The Morgan fingerprint density at radius 3 is 2.78 bits per heavy atom. The van der Waals surface area contributed by atoms with Gasteiger partial charge in [0, 0.05) is 10.9 Å². The summed E-state index contributed by atoms with van der Waals surface area (Å²) < 4.78 is 1.02. The highest BCUT2D eigenvalue weighted by Gasteiger charge is 2.13. The summed E-state index contributed by atoms with van der Waals surface area (Å²) in [6, 6.07) is 7.99. The Morgan fingerprint density at radius 1 is 1.50 bits per heavy atom. The molecule has 1 amide bonds. The van der Waals surface area contributed by atoms with Crippen molar-refractivity contribution in [1.29, 1.82) is 0 Å². The molecule has 3 nitrogen and oxygen atoms in total. The summed E-state index contributed by atoms with van der Waals surface area (Å²) >= 11 is 3.43. The Bertz CT molecular complexity index is 391. The number of hydrogen-bond donors (Lipinski definition) is 2. The van der Waals surface area contributed by atoms with Crippen molar-refractivity contribution < 1.29 is 4.79 Å².